The van der Waals surface area contributed by atoms with E-state index in [4.69, 9.17) is 4.74 Å². The molecule has 0 atom stereocenters. The number of carbonyl (C=O) groups excluding carboxylic acids is 1. The Morgan fingerprint density at radius 2 is 2.11 bits per heavy atom. The molecule has 1 aliphatic carbocycles. The van der Waals surface area contributed by atoms with E-state index in [2.05, 4.69) is 21.2 Å². The van der Waals surface area contributed by atoms with Crippen molar-refractivity contribution in [2.75, 3.05) is 18.1 Å². The summed E-state index contributed by atoms with van der Waals surface area (Å²) in [5, 5.41) is 2.96. The molecule has 98 valence electrons. The lowest BCUT2D eigenvalue weighted by molar-refractivity contribution is -0.118. The van der Waals surface area contributed by atoms with Crippen molar-refractivity contribution < 1.29 is 9.53 Å². The Balaban J connectivity index is 1.52. The van der Waals surface area contributed by atoms with Gasteiger partial charge in [-0.3, -0.25) is 4.79 Å². The van der Waals surface area contributed by atoms with Gasteiger partial charge < -0.3 is 10.1 Å². The Hall–Kier alpha value is -0.680. The molecule has 1 N–H and O–H groups in total. The molecule has 0 unspecified atom stereocenters. The molecule has 3 nitrogen and oxygen atoms in total. The highest BCUT2D eigenvalue weighted by molar-refractivity contribution is 9.10. The Labute approximate surface area is 120 Å². The van der Waals surface area contributed by atoms with Gasteiger partial charge in [-0.15, -0.1) is 11.8 Å². The van der Waals surface area contributed by atoms with Crippen LogP contribution < -0.4 is 10.1 Å². The summed E-state index contributed by atoms with van der Waals surface area (Å²) in [4.78, 5) is 11.4. The fourth-order valence-corrected chi connectivity index (χ4v) is 2.29. The molecule has 0 radical (unpaired) electrons. The second kappa shape index (κ2) is 7.04. The number of hydrogen-bond donors (Lipinski definition) is 1. The van der Waals surface area contributed by atoms with Crippen molar-refractivity contribution in [1.82, 2.24) is 5.32 Å². The van der Waals surface area contributed by atoms with Crippen LogP contribution in [0.1, 0.15) is 12.8 Å². The van der Waals surface area contributed by atoms with Crippen molar-refractivity contribution >= 4 is 33.6 Å². The standard InChI is InChI=1S/C13H16BrNO2S/c14-10-1-5-12(6-2-10)17-7-8-18-9-13(16)15-11-3-4-11/h1-2,5-6,11H,3-4,7-9H2,(H,15,16). The molecule has 1 amide bonds. The van der Waals surface area contributed by atoms with Gasteiger partial charge in [0, 0.05) is 16.3 Å². The maximum absolute atomic E-state index is 11.4. The topological polar surface area (TPSA) is 38.3 Å². The molecule has 1 aliphatic rings. The lowest BCUT2D eigenvalue weighted by Crippen LogP contribution is -2.27. The largest absolute Gasteiger partial charge is 0.493 e. The van der Waals surface area contributed by atoms with E-state index in [0.717, 1.165) is 28.8 Å². The van der Waals surface area contributed by atoms with Crippen molar-refractivity contribution in [3.63, 3.8) is 0 Å². The van der Waals surface area contributed by atoms with E-state index in [-0.39, 0.29) is 5.91 Å². The molecular weight excluding hydrogens is 314 g/mol. The van der Waals surface area contributed by atoms with E-state index in [1.807, 2.05) is 24.3 Å². The average molecular weight is 330 g/mol. The van der Waals surface area contributed by atoms with E-state index >= 15 is 0 Å². The van der Waals surface area contributed by atoms with Crippen LogP contribution in [0, 0.1) is 0 Å². The van der Waals surface area contributed by atoms with Crippen LogP contribution in [0.5, 0.6) is 5.75 Å². The molecule has 18 heavy (non-hydrogen) atoms. The van der Waals surface area contributed by atoms with Crippen LogP contribution in [0.3, 0.4) is 0 Å². The fraction of sp³-hybridized carbons (Fsp3) is 0.462. The number of benzene rings is 1. The zero-order chi connectivity index (χ0) is 12.8. The zero-order valence-corrected chi connectivity index (χ0v) is 12.4. The number of hydrogen-bond acceptors (Lipinski definition) is 3. The van der Waals surface area contributed by atoms with Crippen LogP contribution in [0.4, 0.5) is 0 Å². The molecule has 2 rings (SSSR count). The van der Waals surface area contributed by atoms with Crippen molar-refractivity contribution in [3.05, 3.63) is 28.7 Å². The van der Waals surface area contributed by atoms with Gasteiger partial charge in [-0.2, -0.15) is 0 Å². The Morgan fingerprint density at radius 3 is 2.78 bits per heavy atom. The van der Waals surface area contributed by atoms with Gasteiger partial charge in [0.05, 0.1) is 12.4 Å². The molecule has 1 fully saturated rings. The maximum Gasteiger partial charge on any atom is 0.230 e. The number of rotatable bonds is 7. The van der Waals surface area contributed by atoms with Crippen LogP contribution in [0.25, 0.3) is 0 Å². The Morgan fingerprint density at radius 1 is 1.39 bits per heavy atom. The van der Waals surface area contributed by atoms with E-state index in [1.165, 1.54) is 0 Å². The van der Waals surface area contributed by atoms with E-state index < -0.39 is 0 Å². The van der Waals surface area contributed by atoms with E-state index in [0.29, 0.717) is 18.4 Å². The quantitative estimate of drug-likeness (QED) is 0.782. The lowest BCUT2D eigenvalue weighted by atomic mass is 10.3. The number of thioether (sulfide) groups is 1. The minimum atomic E-state index is 0.145. The van der Waals surface area contributed by atoms with Crippen LogP contribution in [0.2, 0.25) is 0 Å². The van der Waals surface area contributed by atoms with Crippen LogP contribution in [-0.2, 0) is 4.79 Å². The molecule has 0 saturated heterocycles. The SMILES string of the molecule is O=C(CSCCOc1ccc(Br)cc1)NC1CC1. The first kappa shape index (κ1) is 13.7. The van der Waals surface area contributed by atoms with Crippen molar-refractivity contribution in [2.45, 2.75) is 18.9 Å². The second-order valence-corrected chi connectivity index (χ2v) is 6.22. The molecule has 0 aromatic heterocycles. The van der Waals surface area contributed by atoms with E-state index in [9.17, 15) is 4.79 Å². The highest BCUT2D eigenvalue weighted by Crippen LogP contribution is 2.19. The van der Waals surface area contributed by atoms with Crippen LogP contribution >= 0.6 is 27.7 Å². The summed E-state index contributed by atoms with van der Waals surface area (Å²) in [5.41, 5.74) is 0. The van der Waals surface area contributed by atoms with Crippen LogP contribution in [0.15, 0.2) is 28.7 Å². The van der Waals surface area contributed by atoms with Gasteiger partial charge in [-0.1, -0.05) is 15.9 Å². The predicted octanol–water partition coefficient (Wildman–Crippen LogP) is 2.84. The number of nitrogens with one attached hydrogen (secondary N) is 1. The summed E-state index contributed by atoms with van der Waals surface area (Å²) in [6, 6.07) is 8.21. The monoisotopic (exact) mass is 329 g/mol. The summed E-state index contributed by atoms with van der Waals surface area (Å²) >= 11 is 4.98. The summed E-state index contributed by atoms with van der Waals surface area (Å²) in [6.07, 6.45) is 2.28. The van der Waals surface area contributed by atoms with Gasteiger partial charge >= 0.3 is 0 Å². The number of ether oxygens (including phenoxy) is 1. The molecular formula is C13H16BrNO2S. The third-order valence-corrected chi connectivity index (χ3v) is 3.94. The van der Waals surface area contributed by atoms with Gasteiger partial charge in [0.2, 0.25) is 5.91 Å². The minimum absolute atomic E-state index is 0.145. The first-order valence-corrected chi connectivity index (χ1v) is 7.94. The summed E-state index contributed by atoms with van der Waals surface area (Å²) in [6.45, 7) is 0.628. The van der Waals surface area contributed by atoms with Gasteiger partial charge in [0.15, 0.2) is 0 Å². The summed E-state index contributed by atoms with van der Waals surface area (Å²) in [7, 11) is 0. The fourth-order valence-electron chi connectivity index (χ4n) is 1.41. The summed E-state index contributed by atoms with van der Waals surface area (Å²) < 4.78 is 6.61. The Kier molecular flexibility index (Phi) is 5.38. The molecule has 1 saturated carbocycles. The molecule has 1 aromatic carbocycles. The van der Waals surface area contributed by atoms with Crippen molar-refractivity contribution in [1.29, 1.82) is 0 Å². The zero-order valence-electron chi connectivity index (χ0n) is 10.0. The average Bonchev–Trinajstić information content (AvgIpc) is 3.15. The van der Waals surface area contributed by atoms with Gasteiger partial charge in [0.25, 0.3) is 0 Å². The molecule has 0 aliphatic heterocycles. The molecule has 0 spiro atoms. The first-order chi connectivity index (χ1) is 8.74. The lowest BCUT2D eigenvalue weighted by Gasteiger charge is -2.06. The van der Waals surface area contributed by atoms with Gasteiger partial charge in [-0.25, -0.2) is 0 Å². The summed E-state index contributed by atoms with van der Waals surface area (Å²) in [5.74, 6) is 2.36. The third kappa shape index (κ3) is 5.31. The highest BCUT2D eigenvalue weighted by atomic mass is 79.9. The minimum Gasteiger partial charge on any atom is -0.493 e. The van der Waals surface area contributed by atoms with E-state index in [1.54, 1.807) is 11.8 Å². The molecule has 1 aromatic rings. The number of amides is 1. The Bertz CT molecular complexity index is 392. The molecule has 0 heterocycles. The van der Waals surface area contributed by atoms with Gasteiger partial charge in [0.1, 0.15) is 5.75 Å². The number of halogens is 1. The molecule has 0 bridgehead atoms. The smallest absolute Gasteiger partial charge is 0.230 e. The van der Waals surface area contributed by atoms with Crippen molar-refractivity contribution in [3.8, 4) is 5.75 Å². The number of carbonyl (C=O) groups is 1. The van der Waals surface area contributed by atoms with Crippen LogP contribution in [-0.4, -0.2) is 30.1 Å². The highest BCUT2D eigenvalue weighted by Gasteiger charge is 2.22. The predicted molar refractivity (Wildman–Crippen MR) is 78.1 cm³/mol. The maximum atomic E-state index is 11.4. The normalized spacial score (nSPS) is 14.3. The van der Waals surface area contributed by atoms with Crippen molar-refractivity contribution in [2.24, 2.45) is 0 Å². The van der Waals surface area contributed by atoms with Gasteiger partial charge in [-0.05, 0) is 37.1 Å². The second-order valence-electron chi connectivity index (χ2n) is 4.20. The first-order valence-electron chi connectivity index (χ1n) is 5.99. The third-order valence-electron chi connectivity index (χ3n) is 2.49. The molecule has 5 heteroatoms.